The Bertz CT molecular complexity index is 640. The summed E-state index contributed by atoms with van der Waals surface area (Å²) < 4.78 is 18.1. The van der Waals surface area contributed by atoms with Crippen LogP contribution < -0.4 is 10.6 Å². The molecule has 0 spiro atoms. The van der Waals surface area contributed by atoms with Crippen molar-refractivity contribution < 1.29 is 13.9 Å². The molecule has 0 aliphatic carbocycles. The minimum atomic E-state index is -0.404. The van der Waals surface area contributed by atoms with E-state index in [9.17, 15) is 9.18 Å². The third-order valence-electron chi connectivity index (χ3n) is 3.25. The van der Waals surface area contributed by atoms with Crippen LogP contribution >= 0.6 is 0 Å². The number of ether oxygens (including phenoxy) is 1. The molecular formula is C15H15FN4O2. The maximum atomic E-state index is 12.8. The van der Waals surface area contributed by atoms with E-state index in [1.807, 2.05) is 0 Å². The molecule has 2 aromatic rings. The standard InChI is InChI=1S/C15H15FN4O2/c16-10-3-5-11(6-4-10)17-13-7-8-14(20-19-13)18-15(21)12-2-1-9-22-12/h3-8,12H,1-2,9H2,(H,17,19)(H,18,20,21). The summed E-state index contributed by atoms with van der Waals surface area (Å²) in [5.41, 5.74) is 0.701. The lowest BCUT2D eigenvalue weighted by molar-refractivity contribution is -0.124. The normalized spacial score (nSPS) is 17.2. The number of nitrogens with zero attached hydrogens (tertiary/aromatic N) is 2. The van der Waals surface area contributed by atoms with Gasteiger partial charge in [-0.3, -0.25) is 4.79 Å². The molecule has 7 heteroatoms. The van der Waals surface area contributed by atoms with E-state index in [1.54, 1.807) is 24.3 Å². The first-order chi connectivity index (χ1) is 10.7. The maximum absolute atomic E-state index is 12.8. The summed E-state index contributed by atoms with van der Waals surface area (Å²) in [5, 5.41) is 13.6. The van der Waals surface area contributed by atoms with Crippen LogP contribution in [0.4, 0.5) is 21.7 Å². The molecular weight excluding hydrogens is 287 g/mol. The van der Waals surface area contributed by atoms with E-state index in [2.05, 4.69) is 20.8 Å². The van der Waals surface area contributed by atoms with E-state index >= 15 is 0 Å². The lowest BCUT2D eigenvalue weighted by atomic mass is 10.2. The molecule has 3 rings (SSSR count). The molecule has 1 fully saturated rings. The van der Waals surface area contributed by atoms with Gasteiger partial charge in [0.05, 0.1) is 0 Å². The number of hydrogen-bond donors (Lipinski definition) is 2. The number of anilines is 3. The smallest absolute Gasteiger partial charge is 0.254 e. The van der Waals surface area contributed by atoms with E-state index in [-0.39, 0.29) is 11.7 Å². The quantitative estimate of drug-likeness (QED) is 0.907. The molecule has 1 aliphatic heterocycles. The van der Waals surface area contributed by atoms with Crippen molar-refractivity contribution in [3.8, 4) is 0 Å². The third-order valence-corrected chi connectivity index (χ3v) is 3.25. The van der Waals surface area contributed by atoms with Crippen LogP contribution in [-0.4, -0.2) is 28.8 Å². The molecule has 22 heavy (non-hydrogen) atoms. The summed E-state index contributed by atoms with van der Waals surface area (Å²) in [7, 11) is 0. The van der Waals surface area contributed by atoms with Crippen molar-refractivity contribution in [2.24, 2.45) is 0 Å². The van der Waals surface area contributed by atoms with Crippen molar-refractivity contribution in [1.82, 2.24) is 10.2 Å². The fourth-order valence-corrected chi connectivity index (χ4v) is 2.14. The second-order valence-corrected chi connectivity index (χ2v) is 4.93. The van der Waals surface area contributed by atoms with Gasteiger partial charge in [-0.05, 0) is 49.2 Å². The molecule has 1 atom stereocenters. The number of carbonyl (C=O) groups excluding carboxylic acids is 1. The fraction of sp³-hybridized carbons (Fsp3) is 0.267. The average Bonchev–Trinajstić information content (AvgIpc) is 3.06. The van der Waals surface area contributed by atoms with Gasteiger partial charge in [0.15, 0.2) is 11.6 Å². The monoisotopic (exact) mass is 302 g/mol. The van der Waals surface area contributed by atoms with E-state index in [1.165, 1.54) is 12.1 Å². The highest BCUT2D eigenvalue weighted by atomic mass is 19.1. The number of carbonyl (C=O) groups is 1. The zero-order valence-electron chi connectivity index (χ0n) is 11.8. The van der Waals surface area contributed by atoms with Crippen LogP contribution in [0, 0.1) is 5.82 Å². The molecule has 1 unspecified atom stereocenters. The largest absolute Gasteiger partial charge is 0.368 e. The first kappa shape index (κ1) is 14.4. The Morgan fingerprint density at radius 3 is 2.50 bits per heavy atom. The topological polar surface area (TPSA) is 76.1 Å². The van der Waals surface area contributed by atoms with Crippen LogP contribution in [0.25, 0.3) is 0 Å². The number of nitrogens with one attached hydrogen (secondary N) is 2. The Balaban J connectivity index is 1.60. The molecule has 2 N–H and O–H groups in total. The predicted octanol–water partition coefficient (Wildman–Crippen LogP) is 2.48. The first-order valence-corrected chi connectivity index (χ1v) is 6.99. The number of benzene rings is 1. The highest BCUT2D eigenvalue weighted by Gasteiger charge is 2.23. The zero-order valence-corrected chi connectivity index (χ0v) is 11.8. The lowest BCUT2D eigenvalue weighted by Crippen LogP contribution is -2.27. The van der Waals surface area contributed by atoms with Gasteiger partial charge in [0.1, 0.15) is 11.9 Å². The van der Waals surface area contributed by atoms with Gasteiger partial charge in [-0.15, -0.1) is 10.2 Å². The van der Waals surface area contributed by atoms with Crippen molar-refractivity contribution in [1.29, 1.82) is 0 Å². The molecule has 1 amide bonds. The van der Waals surface area contributed by atoms with E-state index < -0.39 is 6.10 Å². The highest BCUT2D eigenvalue weighted by molar-refractivity contribution is 5.93. The predicted molar refractivity (Wildman–Crippen MR) is 79.3 cm³/mol. The lowest BCUT2D eigenvalue weighted by Gasteiger charge is -2.10. The van der Waals surface area contributed by atoms with Gasteiger partial charge in [0.25, 0.3) is 5.91 Å². The molecule has 1 aliphatic rings. The van der Waals surface area contributed by atoms with Crippen LogP contribution in [0.2, 0.25) is 0 Å². The summed E-state index contributed by atoms with van der Waals surface area (Å²) in [6.45, 7) is 0.615. The number of hydrogen-bond acceptors (Lipinski definition) is 5. The van der Waals surface area contributed by atoms with Crippen LogP contribution in [0.15, 0.2) is 36.4 Å². The van der Waals surface area contributed by atoms with E-state index in [0.29, 0.717) is 23.9 Å². The van der Waals surface area contributed by atoms with Gasteiger partial charge in [-0.25, -0.2) is 4.39 Å². The van der Waals surface area contributed by atoms with Gasteiger partial charge in [0.2, 0.25) is 0 Å². The third kappa shape index (κ3) is 3.56. The molecule has 0 bridgehead atoms. The summed E-state index contributed by atoms with van der Waals surface area (Å²) in [6.07, 6.45) is 1.21. The van der Waals surface area contributed by atoms with Crippen LogP contribution in [0.3, 0.4) is 0 Å². The van der Waals surface area contributed by atoms with Gasteiger partial charge in [0, 0.05) is 12.3 Å². The minimum Gasteiger partial charge on any atom is -0.368 e. The van der Waals surface area contributed by atoms with Crippen LogP contribution in [0.5, 0.6) is 0 Å². The Morgan fingerprint density at radius 1 is 1.14 bits per heavy atom. The summed E-state index contributed by atoms with van der Waals surface area (Å²) in [6, 6.07) is 9.24. The van der Waals surface area contributed by atoms with Crippen molar-refractivity contribution >= 4 is 23.2 Å². The zero-order chi connectivity index (χ0) is 15.4. The van der Waals surface area contributed by atoms with Gasteiger partial charge in [-0.1, -0.05) is 0 Å². The second kappa shape index (κ2) is 6.48. The minimum absolute atomic E-state index is 0.203. The molecule has 0 saturated carbocycles. The van der Waals surface area contributed by atoms with Crippen molar-refractivity contribution in [3.05, 3.63) is 42.2 Å². The van der Waals surface area contributed by atoms with Gasteiger partial charge < -0.3 is 15.4 Å². The molecule has 2 heterocycles. The Morgan fingerprint density at radius 2 is 1.86 bits per heavy atom. The second-order valence-electron chi connectivity index (χ2n) is 4.93. The molecule has 1 aromatic heterocycles. The van der Waals surface area contributed by atoms with Crippen molar-refractivity contribution in [2.45, 2.75) is 18.9 Å². The summed E-state index contributed by atoms with van der Waals surface area (Å²) in [4.78, 5) is 11.9. The molecule has 1 aromatic carbocycles. The van der Waals surface area contributed by atoms with Crippen LogP contribution in [0.1, 0.15) is 12.8 Å². The van der Waals surface area contributed by atoms with Crippen molar-refractivity contribution in [2.75, 3.05) is 17.2 Å². The molecule has 114 valence electrons. The fourth-order valence-electron chi connectivity index (χ4n) is 2.14. The average molecular weight is 302 g/mol. The van der Waals surface area contributed by atoms with E-state index in [0.717, 1.165) is 12.8 Å². The van der Waals surface area contributed by atoms with Gasteiger partial charge in [-0.2, -0.15) is 0 Å². The Hall–Kier alpha value is -2.54. The summed E-state index contributed by atoms with van der Waals surface area (Å²) >= 11 is 0. The molecule has 0 radical (unpaired) electrons. The van der Waals surface area contributed by atoms with Crippen LogP contribution in [-0.2, 0) is 9.53 Å². The summed E-state index contributed by atoms with van der Waals surface area (Å²) in [5.74, 6) is 0.363. The number of aromatic nitrogens is 2. The molecule has 6 nitrogen and oxygen atoms in total. The van der Waals surface area contributed by atoms with Crippen molar-refractivity contribution in [3.63, 3.8) is 0 Å². The number of amides is 1. The SMILES string of the molecule is O=C(Nc1ccc(Nc2ccc(F)cc2)nn1)C1CCCO1. The highest BCUT2D eigenvalue weighted by Crippen LogP contribution is 2.17. The Kier molecular flexibility index (Phi) is 4.24. The first-order valence-electron chi connectivity index (χ1n) is 6.99. The maximum Gasteiger partial charge on any atom is 0.254 e. The molecule has 1 saturated heterocycles. The number of halogens is 1. The van der Waals surface area contributed by atoms with E-state index in [4.69, 9.17) is 4.74 Å². The Labute approximate surface area is 126 Å². The van der Waals surface area contributed by atoms with Gasteiger partial charge >= 0.3 is 0 Å². The number of rotatable bonds is 4.